The van der Waals surface area contributed by atoms with Gasteiger partial charge in [-0.3, -0.25) is 4.90 Å². The van der Waals surface area contributed by atoms with Gasteiger partial charge in [-0.1, -0.05) is 32.3 Å². The highest BCUT2D eigenvalue weighted by atomic mass is 16.7. The second-order valence-electron chi connectivity index (χ2n) is 6.74. The summed E-state index contributed by atoms with van der Waals surface area (Å²) < 4.78 is 16.4. The Morgan fingerprint density at radius 2 is 2.00 bits per heavy atom. The van der Waals surface area contributed by atoms with Crippen LogP contribution in [0.4, 0.5) is 0 Å². The normalized spacial score (nSPS) is 19.0. The van der Waals surface area contributed by atoms with Gasteiger partial charge in [-0.05, 0) is 37.1 Å². The van der Waals surface area contributed by atoms with Crippen molar-refractivity contribution in [2.45, 2.75) is 57.8 Å². The van der Waals surface area contributed by atoms with Crippen LogP contribution in [0.15, 0.2) is 18.2 Å². The standard InChI is InChI=1S/C19H29NO4/c1-2-20(16-6-4-3-5-7-16)11-17(21)13-22-12-15-8-9-18-19(10-15)24-14-23-18/h8-10,16-17,21H,2-7,11-14H2,1H3/t17-/m0/s1. The maximum Gasteiger partial charge on any atom is 0.231 e. The third-order valence-electron chi connectivity index (χ3n) is 4.96. The topological polar surface area (TPSA) is 51.2 Å². The van der Waals surface area contributed by atoms with E-state index in [-0.39, 0.29) is 6.79 Å². The van der Waals surface area contributed by atoms with Gasteiger partial charge in [0.05, 0.1) is 19.3 Å². The summed E-state index contributed by atoms with van der Waals surface area (Å²) in [6.45, 7) is 4.98. The van der Waals surface area contributed by atoms with E-state index in [9.17, 15) is 5.11 Å². The van der Waals surface area contributed by atoms with Crippen molar-refractivity contribution in [3.8, 4) is 11.5 Å². The van der Waals surface area contributed by atoms with E-state index in [0.717, 1.165) is 23.6 Å². The lowest BCUT2D eigenvalue weighted by Gasteiger charge is -2.34. The van der Waals surface area contributed by atoms with Gasteiger partial charge in [0.1, 0.15) is 0 Å². The first-order chi connectivity index (χ1) is 11.8. The largest absolute Gasteiger partial charge is 0.454 e. The molecular weight excluding hydrogens is 306 g/mol. The lowest BCUT2D eigenvalue weighted by molar-refractivity contribution is 0.0000239. The van der Waals surface area contributed by atoms with Crippen LogP contribution in [0.1, 0.15) is 44.6 Å². The molecule has 1 aromatic carbocycles. The Kier molecular flexibility index (Phi) is 6.35. The molecule has 5 heteroatoms. The summed E-state index contributed by atoms with van der Waals surface area (Å²) in [5.41, 5.74) is 1.03. The molecule has 1 aliphatic carbocycles. The zero-order valence-corrected chi connectivity index (χ0v) is 14.6. The molecule has 1 N–H and O–H groups in total. The molecule has 134 valence electrons. The van der Waals surface area contributed by atoms with Crippen LogP contribution >= 0.6 is 0 Å². The molecule has 0 spiro atoms. The fourth-order valence-corrected chi connectivity index (χ4v) is 3.65. The molecule has 0 unspecified atom stereocenters. The number of ether oxygens (including phenoxy) is 3. The van der Waals surface area contributed by atoms with Crippen molar-refractivity contribution in [2.24, 2.45) is 0 Å². The van der Waals surface area contributed by atoms with Crippen LogP contribution in [0.5, 0.6) is 11.5 Å². The first kappa shape index (κ1) is 17.5. The summed E-state index contributed by atoms with van der Waals surface area (Å²) in [5, 5.41) is 10.3. The Bertz CT molecular complexity index is 516. The van der Waals surface area contributed by atoms with E-state index in [1.165, 1.54) is 32.1 Å². The molecule has 1 aromatic rings. The molecule has 1 saturated carbocycles. The van der Waals surface area contributed by atoms with E-state index < -0.39 is 6.10 Å². The lowest BCUT2D eigenvalue weighted by atomic mass is 9.94. The van der Waals surface area contributed by atoms with Gasteiger partial charge in [0.15, 0.2) is 11.5 Å². The molecule has 1 atom stereocenters. The van der Waals surface area contributed by atoms with E-state index in [2.05, 4.69) is 11.8 Å². The number of aliphatic hydroxyl groups excluding tert-OH is 1. The molecule has 1 fully saturated rings. The highest BCUT2D eigenvalue weighted by Gasteiger charge is 2.22. The summed E-state index contributed by atoms with van der Waals surface area (Å²) in [6, 6.07) is 6.45. The highest BCUT2D eigenvalue weighted by Crippen LogP contribution is 2.32. The van der Waals surface area contributed by atoms with E-state index in [4.69, 9.17) is 14.2 Å². The lowest BCUT2D eigenvalue weighted by Crippen LogP contribution is -2.42. The maximum absolute atomic E-state index is 10.3. The third-order valence-corrected chi connectivity index (χ3v) is 4.96. The Balaban J connectivity index is 1.40. The van der Waals surface area contributed by atoms with E-state index >= 15 is 0 Å². The molecule has 2 aliphatic rings. The quantitative estimate of drug-likeness (QED) is 0.791. The Morgan fingerprint density at radius 1 is 1.21 bits per heavy atom. The molecule has 0 amide bonds. The van der Waals surface area contributed by atoms with Crippen LogP contribution in [-0.2, 0) is 11.3 Å². The van der Waals surface area contributed by atoms with Gasteiger partial charge in [-0.15, -0.1) is 0 Å². The van der Waals surface area contributed by atoms with Crippen LogP contribution in [0.3, 0.4) is 0 Å². The molecule has 5 nitrogen and oxygen atoms in total. The summed E-state index contributed by atoms with van der Waals surface area (Å²) >= 11 is 0. The van der Waals surface area contributed by atoms with Gasteiger partial charge in [-0.2, -0.15) is 0 Å². The molecule has 0 saturated heterocycles. The highest BCUT2D eigenvalue weighted by molar-refractivity contribution is 5.44. The predicted molar refractivity (Wildman–Crippen MR) is 92.3 cm³/mol. The van der Waals surface area contributed by atoms with Crippen molar-refractivity contribution in [3.63, 3.8) is 0 Å². The molecule has 24 heavy (non-hydrogen) atoms. The third kappa shape index (κ3) is 4.62. The summed E-state index contributed by atoms with van der Waals surface area (Å²) in [4.78, 5) is 2.41. The Labute approximate surface area is 144 Å². The molecule has 0 bridgehead atoms. The van der Waals surface area contributed by atoms with Crippen molar-refractivity contribution in [1.29, 1.82) is 0 Å². The summed E-state index contributed by atoms with van der Waals surface area (Å²) in [5.74, 6) is 1.55. The predicted octanol–water partition coefficient (Wildman–Crippen LogP) is 2.95. The number of fused-ring (bicyclic) bond motifs is 1. The van der Waals surface area contributed by atoms with Gasteiger partial charge >= 0.3 is 0 Å². The van der Waals surface area contributed by atoms with Gasteiger partial charge in [0, 0.05) is 12.6 Å². The zero-order valence-electron chi connectivity index (χ0n) is 14.6. The smallest absolute Gasteiger partial charge is 0.231 e. The Hall–Kier alpha value is -1.30. The minimum atomic E-state index is -0.444. The second-order valence-corrected chi connectivity index (χ2v) is 6.74. The summed E-state index contributed by atoms with van der Waals surface area (Å²) in [7, 11) is 0. The number of likely N-dealkylation sites (N-methyl/N-ethyl adjacent to an activating group) is 1. The molecule has 1 aliphatic heterocycles. The van der Waals surface area contributed by atoms with Crippen LogP contribution < -0.4 is 9.47 Å². The Morgan fingerprint density at radius 3 is 2.79 bits per heavy atom. The second kappa shape index (κ2) is 8.70. The minimum absolute atomic E-state index is 0.284. The van der Waals surface area contributed by atoms with Crippen LogP contribution in [0, 0.1) is 0 Å². The van der Waals surface area contributed by atoms with Crippen molar-refractivity contribution in [1.82, 2.24) is 4.90 Å². The number of rotatable bonds is 8. The van der Waals surface area contributed by atoms with Gasteiger partial charge < -0.3 is 19.3 Å². The maximum atomic E-state index is 10.3. The zero-order chi connectivity index (χ0) is 16.8. The molecule has 3 rings (SSSR count). The van der Waals surface area contributed by atoms with Gasteiger partial charge in [0.2, 0.25) is 6.79 Å². The molecular formula is C19H29NO4. The number of benzene rings is 1. The average molecular weight is 335 g/mol. The minimum Gasteiger partial charge on any atom is -0.454 e. The number of hydrogen-bond acceptors (Lipinski definition) is 5. The number of aliphatic hydroxyl groups is 1. The number of hydrogen-bond donors (Lipinski definition) is 1. The van der Waals surface area contributed by atoms with Crippen molar-refractivity contribution in [3.05, 3.63) is 23.8 Å². The first-order valence-electron chi connectivity index (χ1n) is 9.14. The molecule has 0 radical (unpaired) electrons. The average Bonchev–Trinajstić information content (AvgIpc) is 3.08. The molecule has 1 heterocycles. The first-order valence-corrected chi connectivity index (χ1v) is 9.14. The number of nitrogens with zero attached hydrogens (tertiary/aromatic N) is 1. The van der Waals surface area contributed by atoms with Gasteiger partial charge in [-0.25, -0.2) is 0 Å². The monoisotopic (exact) mass is 335 g/mol. The SMILES string of the molecule is CCN(C[C@H](O)COCc1ccc2c(c1)OCO2)C1CCCCC1. The molecule has 0 aromatic heterocycles. The van der Waals surface area contributed by atoms with E-state index in [1.807, 2.05) is 18.2 Å². The van der Waals surface area contributed by atoms with Crippen molar-refractivity contribution in [2.75, 3.05) is 26.5 Å². The van der Waals surface area contributed by atoms with Crippen LogP contribution in [0.25, 0.3) is 0 Å². The van der Waals surface area contributed by atoms with Crippen molar-refractivity contribution >= 4 is 0 Å². The fourth-order valence-electron chi connectivity index (χ4n) is 3.65. The van der Waals surface area contributed by atoms with E-state index in [0.29, 0.717) is 25.8 Å². The summed E-state index contributed by atoms with van der Waals surface area (Å²) in [6.07, 6.45) is 6.07. The van der Waals surface area contributed by atoms with E-state index in [1.54, 1.807) is 0 Å². The van der Waals surface area contributed by atoms with Gasteiger partial charge in [0.25, 0.3) is 0 Å². The van der Waals surface area contributed by atoms with Crippen LogP contribution in [0.2, 0.25) is 0 Å². The fraction of sp³-hybridized carbons (Fsp3) is 0.684. The van der Waals surface area contributed by atoms with Crippen LogP contribution in [-0.4, -0.2) is 48.6 Å². The van der Waals surface area contributed by atoms with Crippen molar-refractivity contribution < 1.29 is 19.3 Å².